The lowest BCUT2D eigenvalue weighted by molar-refractivity contribution is 1.33. The van der Waals surface area contributed by atoms with Gasteiger partial charge in [-0.3, -0.25) is 4.98 Å². The molecule has 0 bridgehead atoms. The topological polar surface area (TPSA) is 12.9 Å². The van der Waals surface area contributed by atoms with Gasteiger partial charge in [-0.15, -0.1) is 0 Å². The number of hydrogen-bond donors (Lipinski definition) is 0. The van der Waals surface area contributed by atoms with Crippen molar-refractivity contribution in [1.82, 2.24) is 4.98 Å². The second-order valence-corrected chi connectivity index (χ2v) is 2.99. The molecular formula is C11H7ClN. The third-order valence-corrected chi connectivity index (χ3v) is 2.06. The van der Waals surface area contributed by atoms with E-state index in [2.05, 4.69) is 11.1 Å². The van der Waals surface area contributed by atoms with Crippen molar-refractivity contribution in [1.29, 1.82) is 0 Å². The van der Waals surface area contributed by atoms with Gasteiger partial charge in [-0.25, -0.2) is 0 Å². The van der Waals surface area contributed by atoms with Gasteiger partial charge in [0.05, 0.1) is 10.7 Å². The molecule has 1 heterocycles. The number of benzene rings is 1. The molecule has 0 aliphatic carbocycles. The zero-order valence-corrected chi connectivity index (χ0v) is 7.62. The van der Waals surface area contributed by atoms with Crippen LogP contribution < -0.4 is 0 Å². The number of nitrogens with zero attached hydrogens (tertiary/aromatic N) is 1. The van der Waals surface area contributed by atoms with Gasteiger partial charge in [-0.05, 0) is 12.1 Å². The number of pyridine rings is 1. The summed E-state index contributed by atoms with van der Waals surface area (Å²) in [7, 11) is 0. The largest absolute Gasteiger partial charge is 0.256 e. The molecule has 0 atom stereocenters. The van der Waals surface area contributed by atoms with E-state index >= 15 is 0 Å². The second kappa shape index (κ2) is 3.58. The molecule has 13 heavy (non-hydrogen) atoms. The monoisotopic (exact) mass is 188 g/mol. The van der Waals surface area contributed by atoms with Crippen molar-refractivity contribution in [2.24, 2.45) is 0 Å². The fourth-order valence-corrected chi connectivity index (χ4v) is 1.36. The van der Waals surface area contributed by atoms with Gasteiger partial charge in [0.2, 0.25) is 0 Å². The van der Waals surface area contributed by atoms with Crippen molar-refractivity contribution < 1.29 is 0 Å². The lowest BCUT2D eigenvalue weighted by atomic mass is 10.1. The molecule has 0 saturated carbocycles. The maximum Gasteiger partial charge on any atom is 0.0717 e. The molecule has 63 valence electrons. The Balaban J connectivity index is 2.54. The predicted molar refractivity (Wildman–Crippen MR) is 53.5 cm³/mol. The lowest BCUT2D eigenvalue weighted by Gasteiger charge is -2.00. The smallest absolute Gasteiger partial charge is 0.0717 e. The van der Waals surface area contributed by atoms with E-state index < -0.39 is 0 Å². The van der Waals surface area contributed by atoms with Crippen molar-refractivity contribution in [3.63, 3.8) is 0 Å². The van der Waals surface area contributed by atoms with Gasteiger partial charge in [0.25, 0.3) is 0 Å². The molecule has 0 saturated heterocycles. The van der Waals surface area contributed by atoms with E-state index in [0.29, 0.717) is 5.02 Å². The number of hydrogen-bond acceptors (Lipinski definition) is 1. The van der Waals surface area contributed by atoms with Crippen LogP contribution in [0.25, 0.3) is 11.3 Å². The first kappa shape index (κ1) is 8.27. The van der Waals surface area contributed by atoms with Gasteiger partial charge in [-0.1, -0.05) is 35.9 Å². The van der Waals surface area contributed by atoms with Gasteiger partial charge in [0, 0.05) is 17.8 Å². The summed E-state index contributed by atoms with van der Waals surface area (Å²) in [4.78, 5) is 4.21. The predicted octanol–water partition coefficient (Wildman–Crippen LogP) is 3.20. The molecule has 1 nitrogen and oxygen atoms in total. The summed E-state index contributed by atoms with van der Waals surface area (Å²) in [5.41, 5.74) is 1.80. The minimum absolute atomic E-state index is 0.612. The molecular weight excluding hydrogens is 182 g/mol. The van der Waals surface area contributed by atoms with E-state index in [-0.39, 0.29) is 0 Å². The van der Waals surface area contributed by atoms with E-state index in [0.717, 1.165) is 11.3 Å². The summed E-state index contributed by atoms with van der Waals surface area (Å²) >= 11 is 5.96. The molecule has 2 heteroatoms. The zero-order valence-electron chi connectivity index (χ0n) is 6.87. The highest BCUT2D eigenvalue weighted by molar-refractivity contribution is 6.33. The molecule has 1 aromatic heterocycles. The molecule has 0 aliphatic heterocycles. The molecule has 0 fully saturated rings. The van der Waals surface area contributed by atoms with Gasteiger partial charge in [-0.2, -0.15) is 0 Å². The fraction of sp³-hybridized carbons (Fsp3) is 0. The number of halogens is 1. The van der Waals surface area contributed by atoms with Crippen molar-refractivity contribution >= 4 is 11.6 Å². The molecule has 0 unspecified atom stereocenters. The molecule has 0 amide bonds. The Labute approximate surface area is 82.0 Å². The Hall–Kier alpha value is -1.34. The normalized spacial score (nSPS) is 9.92. The van der Waals surface area contributed by atoms with Crippen LogP contribution in [0.4, 0.5) is 0 Å². The van der Waals surface area contributed by atoms with Crippen molar-refractivity contribution in [2.45, 2.75) is 0 Å². The Morgan fingerprint density at radius 1 is 1.15 bits per heavy atom. The maximum absolute atomic E-state index is 5.96. The molecule has 1 aromatic carbocycles. The highest BCUT2D eigenvalue weighted by Crippen LogP contribution is 2.24. The van der Waals surface area contributed by atoms with Crippen molar-refractivity contribution in [3.05, 3.63) is 53.7 Å². The van der Waals surface area contributed by atoms with Crippen molar-refractivity contribution in [3.8, 4) is 11.3 Å². The maximum atomic E-state index is 5.96. The Kier molecular flexibility index (Phi) is 2.28. The summed E-state index contributed by atoms with van der Waals surface area (Å²) in [6.45, 7) is 0. The Bertz CT molecular complexity index is 398. The first-order valence-corrected chi connectivity index (χ1v) is 4.33. The second-order valence-electron chi connectivity index (χ2n) is 2.61. The average Bonchev–Trinajstić information content (AvgIpc) is 2.20. The standard InChI is InChI=1S/C11H7ClN/c12-10-6-2-1-5-9(10)11-7-3-4-8-13-11/h1-5,7-8H. The van der Waals surface area contributed by atoms with E-state index in [1.54, 1.807) is 12.3 Å². The minimum Gasteiger partial charge on any atom is -0.256 e. The Morgan fingerprint density at radius 2 is 2.08 bits per heavy atom. The third kappa shape index (κ3) is 1.70. The number of aromatic nitrogens is 1. The third-order valence-electron chi connectivity index (χ3n) is 1.75. The molecule has 1 radical (unpaired) electrons. The Morgan fingerprint density at radius 3 is 2.77 bits per heavy atom. The first-order valence-electron chi connectivity index (χ1n) is 3.95. The van der Waals surface area contributed by atoms with Gasteiger partial charge < -0.3 is 0 Å². The minimum atomic E-state index is 0.612. The van der Waals surface area contributed by atoms with Crippen LogP contribution in [0.15, 0.2) is 42.6 Å². The summed E-state index contributed by atoms with van der Waals surface area (Å²) in [5, 5.41) is 0.612. The zero-order chi connectivity index (χ0) is 9.10. The highest BCUT2D eigenvalue weighted by Gasteiger charge is 2.01. The van der Waals surface area contributed by atoms with Gasteiger partial charge in [0.1, 0.15) is 0 Å². The van der Waals surface area contributed by atoms with Gasteiger partial charge >= 0.3 is 0 Å². The van der Waals surface area contributed by atoms with E-state index in [4.69, 9.17) is 11.6 Å². The summed E-state index contributed by atoms with van der Waals surface area (Å²) in [5.74, 6) is 0. The van der Waals surface area contributed by atoms with Crippen molar-refractivity contribution in [2.75, 3.05) is 0 Å². The molecule has 0 N–H and O–H groups in total. The molecule has 2 aromatic rings. The van der Waals surface area contributed by atoms with E-state index in [1.165, 1.54) is 0 Å². The van der Waals surface area contributed by atoms with Crippen LogP contribution in [-0.4, -0.2) is 4.98 Å². The van der Waals surface area contributed by atoms with Crippen LogP contribution in [0.3, 0.4) is 0 Å². The van der Waals surface area contributed by atoms with Crippen LogP contribution >= 0.6 is 11.6 Å². The first-order chi connectivity index (χ1) is 6.38. The van der Waals surface area contributed by atoms with Gasteiger partial charge in [0.15, 0.2) is 0 Å². The number of rotatable bonds is 1. The highest BCUT2D eigenvalue weighted by atomic mass is 35.5. The lowest BCUT2D eigenvalue weighted by Crippen LogP contribution is -1.82. The average molecular weight is 189 g/mol. The summed E-state index contributed by atoms with van der Waals surface area (Å²) < 4.78 is 0. The summed E-state index contributed by atoms with van der Waals surface area (Å²) in [6, 6.07) is 14.3. The van der Waals surface area contributed by atoms with Crippen LogP contribution in [0.2, 0.25) is 5.02 Å². The van der Waals surface area contributed by atoms with Crippen LogP contribution in [0, 0.1) is 6.07 Å². The van der Waals surface area contributed by atoms with E-state index in [1.807, 2.05) is 30.3 Å². The van der Waals surface area contributed by atoms with Crippen LogP contribution in [0.5, 0.6) is 0 Å². The molecule has 2 rings (SSSR count). The fourth-order valence-electron chi connectivity index (χ4n) is 1.14. The van der Waals surface area contributed by atoms with Crippen LogP contribution in [-0.2, 0) is 0 Å². The van der Waals surface area contributed by atoms with Crippen LogP contribution in [0.1, 0.15) is 0 Å². The van der Waals surface area contributed by atoms with E-state index in [9.17, 15) is 0 Å². The quantitative estimate of drug-likeness (QED) is 0.670. The molecule has 0 spiro atoms. The SMILES string of the molecule is Clc1[c]cccc1-c1ccccn1. The molecule has 0 aliphatic rings. The summed E-state index contributed by atoms with van der Waals surface area (Å²) in [6.07, 6.45) is 1.75.